The zero-order chi connectivity index (χ0) is 21.1. The van der Waals surface area contributed by atoms with Crippen molar-refractivity contribution in [2.24, 2.45) is 0 Å². The molecule has 1 aliphatic rings. The molecule has 0 bridgehead atoms. The zero-order valence-corrected chi connectivity index (χ0v) is 17.8. The molecule has 3 heterocycles. The minimum atomic E-state index is -0.474. The fourth-order valence-corrected chi connectivity index (χ4v) is 4.71. The van der Waals surface area contributed by atoms with E-state index in [1.807, 2.05) is 18.2 Å². The SMILES string of the molecule is COC(=O)c1sc2nc(CN3CC=C(c4ccccc4)CC3)ccc2c1NC(C)=O. The summed E-state index contributed by atoms with van der Waals surface area (Å²) < 4.78 is 4.86. The second-order valence-corrected chi connectivity index (χ2v) is 8.21. The molecule has 3 aromatic rings. The van der Waals surface area contributed by atoms with E-state index in [9.17, 15) is 9.59 Å². The van der Waals surface area contributed by atoms with Crippen molar-refractivity contribution in [2.75, 3.05) is 25.5 Å². The van der Waals surface area contributed by atoms with Gasteiger partial charge >= 0.3 is 5.97 Å². The van der Waals surface area contributed by atoms with Crippen LogP contribution in [0.25, 0.3) is 15.8 Å². The van der Waals surface area contributed by atoms with Gasteiger partial charge in [-0.2, -0.15) is 0 Å². The van der Waals surface area contributed by atoms with Gasteiger partial charge in [0, 0.05) is 31.9 Å². The number of benzene rings is 1. The molecule has 1 aliphatic heterocycles. The summed E-state index contributed by atoms with van der Waals surface area (Å²) in [5.41, 5.74) is 4.08. The van der Waals surface area contributed by atoms with Crippen LogP contribution in [0.3, 0.4) is 0 Å². The van der Waals surface area contributed by atoms with Crippen LogP contribution in [0.4, 0.5) is 5.69 Å². The summed E-state index contributed by atoms with van der Waals surface area (Å²) in [5, 5.41) is 3.50. The molecule has 0 unspecified atom stereocenters. The maximum Gasteiger partial charge on any atom is 0.350 e. The van der Waals surface area contributed by atoms with Gasteiger partial charge in [-0.25, -0.2) is 9.78 Å². The van der Waals surface area contributed by atoms with Crippen LogP contribution in [0.5, 0.6) is 0 Å². The summed E-state index contributed by atoms with van der Waals surface area (Å²) in [6.45, 7) is 3.99. The standard InChI is InChI=1S/C23H23N3O3S/c1-15(27)24-20-19-9-8-18(25-22(19)30-21(20)23(28)29-2)14-26-12-10-17(11-13-26)16-6-4-3-5-7-16/h3-10H,11-14H2,1-2H3,(H,24,27). The third-order valence-corrected chi connectivity index (χ3v) is 6.19. The molecule has 154 valence electrons. The number of carbonyl (C=O) groups excluding carboxylic acids is 2. The lowest BCUT2D eigenvalue weighted by atomic mass is 9.99. The molecule has 0 saturated carbocycles. The molecule has 0 fully saturated rings. The average Bonchev–Trinajstić information content (AvgIpc) is 3.11. The van der Waals surface area contributed by atoms with Gasteiger partial charge in [-0.1, -0.05) is 36.4 Å². The number of esters is 1. The first-order valence-electron chi connectivity index (χ1n) is 9.80. The number of hydrogen-bond acceptors (Lipinski definition) is 6. The molecule has 4 rings (SSSR count). The minimum absolute atomic E-state index is 0.238. The molecule has 0 spiro atoms. The smallest absolute Gasteiger partial charge is 0.350 e. The lowest BCUT2D eigenvalue weighted by molar-refractivity contribution is -0.114. The number of anilines is 1. The van der Waals surface area contributed by atoms with Crippen LogP contribution in [0.1, 0.15) is 34.3 Å². The summed E-state index contributed by atoms with van der Waals surface area (Å²) in [7, 11) is 1.33. The van der Waals surface area contributed by atoms with Gasteiger partial charge in [0.05, 0.1) is 18.5 Å². The molecule has 0 radical (unpaired) electrons. The van der Waals surface area contributed by atoms with Gasteiger partial charge in [0.25, 0.3) is 0 Å². The Labute approximate surface area is 179 Å². The van der Waals surface area contributed by atoms with E-state index in [4.69, 9.17) is 9.72 Å². The fourth-order valence-electron chi connectivity index (χ4n) is 3.64. The second kappa shape index (κ2) is 8.77. The predicted octanol–water partition coefficient (Wildman–Crippen LogP) is 4.33. The predicted molar refractivity (Wildman–Crippen MR) is 120 cm³/mol. The highest BCUT2D eigenvalue weighted by Gasteiger charge is 2.21. The molecule has 7 heteroatoms. The first-order chi connectivity index (χ1) is 14.5. The van der Waals surface area contributed by atoms with E-state index in [1.54, 1.807) is 0 Å². The van der Waals surface area contributed by atoms with E-state index in [0.717, 1.165) is 37.1 Å². The Morgan fingerprint density at radius 1 is 1.20 bits per heavy atom. The summed E-state index contributed by atoms with van der Waals surface area (Å²) in [6, 6.07) is 14.4. The third-order valence-electron chi connectivity index (χ3n) is 5.11. The Balaban J connectivity index is 1.54. The van der Waals surface area contributed by atoms with Crippen LogP contribution in [-0.2, 0) is 16.1 Å². The van der Waals surface area contributed by atoms with E-state index in [1.165, 1.54) is 36.5 Å². The van der Waals surface area contributed by atoms with Crippen molar-refractivity contribution in [3.63, 3.8) is 0 Å². The highest BCUT2D eigenvalue weighted by Crippen LogP contribution is 2.35. The second-order valence-electron chi connectivity index (χ2n) is 7.21. The number of fused-ring (bicyclic) bond motifs is 1. The van der Waals surface area contributed by atoms with Crippen molar-refractivity contribution in [1.29, 1.82) is 0 Å². The van der Waals surface area contributed by atoms with Crippen molar-refractivity contribution < 1.29 is 14.3 Å². The molecule has 1 amide bonds. The molecule has 2 aromatic heterocycles. The zero-order valence-electron chi connectivity index (χ0n) is 17.0. The van der Waals surface area contributed by atoms with Crippen LogP contribution >= 0.6 is 11.3 Å². The Morgan fingerprint density at radius 3 is 2.67 bits per heavy atom. The highest BCUT2D eigenvalue weighted by atomic mass is 32.1. The Morgan fingerprint density at radius 2 is 2.00 bits per heavy atom. The fraction of sp³-hybridized carbons (Fsp3) is 0.261. The number of aromatic nitrogens is 1. The van der Waals surface area contributed by atoms with Crippen LogP contribution in [0, 0.1) is 0 Å². The van der Waals surface area contributed by atoms with Crippen molar-refractivity contribution >= 4 is 44.7 Å². The lowest BCUT2D eigenvalue weighted by Gasteiger charge is -2.26. The highest BCUT2D eigenvalue weighted by molar-refractivity contribution is 7.21. The van der Waals surface area contributed by atoms with Gasteiger partial charge in [-0.3, -0.25) is 9.69 Å². The molecule has 0 aliphatic carbocycles. The summed E-state index contributed by atoms with van der Waals surface area (Å²) >= 11 is 1.24. The number of thiophene rings is 1. The van der Waals surface area contributed by atoms with Gasteiger partial charge in [0.15, 0.2) is 0 Å². The van der Waals surface area contributed by atoms with Gasteiger partial charge in [-0.05, 0) is 29.7 Å². The van der Waals surface area contributed by atoms with Crippen molar-refractivity contribution in [2.45, 2.75) is 19.9 Å². The number of amides is 1. The number of carbonyl (C=O) groups is 2. The summed E-state index contributed by atoms with van der Waals surface area (Å²) in [6.07, 6.45) is 3.29. The van der Waals surface area contributed by atoms with Gasteiger partial charge in [0.2, 0.25) is 5.91 Å². The van der Waals surface area contributed by atoms with Crippen molar-refractivity contribution in [3.8, 4) is 0 Å². The van der Waals surface area contributed by atoms with E-state index in [0.29, 0.717) is 15.4 Å². The first kappa shape index (κ1) is 20.3. The molecule has 1 aromatic carbocycles. The van der Waals surface area contributed by atoms with Gasteiger partial charge < -0.3 is 10.1 Å². The van der Waals surface area contributed by atoms with Crippen LogP contribution in [-0.4, -0.2) is 42.0 Å². The number of hydrogen-bond donors (Lipinski definition) is 1. The van der Waals surface area contributed by atoms with Gasteiger partial charge in [-0.15, -0.1) is 11.3 Å². The monoisotopic (exact) mass is 421 g/mol. The minimum Gasteiger partial charge on any atom is -0.465 e. The summed E-state index contributed by atoms with van der Waals surface area (Å²) in [5.74, 6) is -0.712. The van der Waals surface area contributed by atoms with E-state index in [2.05, 4.69) is 40.6 Å². The molecule has 0 saturated heterocycles. The maximum atomic E-state index is 12.1. The van der Waals surface area contributed by atoms with Crippen molar-refractivity contribution in [1.82, 2.24) is 9.88 Å². The number of ether oxygens (including phenoxy) is 1. The molecule has 1 N–H and O–H groups in total. The topological polar surface area (TPSA) is 71.5 Å². The van der Waals surface area contributed by atoms with Gasteiger partial charge in [0.1, 0.15) is 9.71 Å². The molecular weight excluding hydrogens is 398 g/mol. The number of rotatable bonds is 5. The molecule has 6 nitrogen and oxygen atoms in total. The Hall–Kier alpha value is -3.03. The Kier molecular flexibility index (Phi) is 5.92. The van der Waals surface area contributed by atoms with Crippen LogP contribution in [0.15, 0.2) is 48.5 Å². The van der Waals surface area contributed by atoms with Crippen LogP contribution in [0.2, 0.25) is 0 Å². The van der Waals surface area contributed by atoms with Crippen molar-refractivity contribution in [3.05, 3.63) is 64.7 Å². The number of pyridine rings is 1. The lowest BCUT2D eigenvalue weighted by Crippen LogP contribution is -2.28. The number of methoxy groups -OCH3 is 1. The quantitative estimate of drug-likeness (QED) is 0.621. The van der Waals surface area contributed by atoms with E-state index >= 15 is 0 Å². The van der Waals surface area contributed by atoms with E-state index < -0.39 is 5.97 Å². The van der Waals surface area contributed by atoms with Crippen LogP contribution < -0.4 is 5.32 Å². The number of nitrogens with one attached hydrogen (secondary N) is 1. The molecular formula is C23H23N3O3S. The largest absolute Gasteiger partial charge is 0.465 e. The maximum absolute atomic E-state index is 12.1. The summed E-state index contributed by atoms with van der Waals surface area (Å²) in [4.78, 5) is 31.9. The first-order valence-corrected chi connectivity index (χ1v) is 10.6. The Bertz CT molecular complexity index is 1120. The van der Waals surface area contributed by atoms with E-state index in [-0.39, 0.29) is 5.91 Å². The third kappa shape index (κ3) is 4.27. The normalized spacial score (nSPS) is 14.4. The molecule has 30 heavy (non-hydrogen) atoms. The average molecular weight is 422 g/mol. The molecule has 0 atom stereocenters. The number of nitrogens with zero attached hydrogens (tertiary/aromatic N) is 2.